The molecule has 1 aromatic carbocycles. The fourth-order valence-electron chi connectivity index (χ4n) is 1.73. The Kier molecular flexibility index (Phi) is 4.13. The van der Waals surface area contributed by atoms with Crippen LogP contribution in [-0.4, -0.2) is 18.4 Å². The maximum atomic E-state index is 10.7. The molecule has 4 nitrogen and oxygen atoms in total. The van der Waals surface area contributed by atoms with Gasteiger partial charge in [-0.05, 0) is 31.2 Å². The number of pyridine rings is 1. The third-order valence-electron chi connectivity index (χ3n) is 2.78. The van der Waals surface area contributed by atoms with Crippen LogP contribution >= 0.6 is 0 Å². The third-order valence-corrected chi connectivity index (χ3v) is 2.78. The number of carbonyl (C=O) groups is 1. The van der Waals surface area contributed by atoms with Crippen LogP contribution in [0.3, 0.4) is 0 Å². The number of hydrogen-bond donors (Lipinski definition) is 0. The molecule has 98 valence electrons. The van der Waals surface area contributed by atoms with E-state index in [9.17, 15) is 4.79 Å². The number of nitrogens with zero attached hydrogens (tertiary/aromatic N) is 1. The third kappa shape index (κ3) is 3.10. The van der Waals surface area contributed by atoms with E-state index < -0.39 is 0 Å². The number of aldehydes is 1. The van der Waals surface area contributed by atoms with Crippen molar-refractivity contribution in [3.63, 3.8) is 0 Å². The van der Waals surface area contributed by atoms with Crippen LogP contribution in [0.15, 0.2) is 42.7 Å². The molecule has 0 aliphatic rings. The number of benzene rings is 1. The number of rotatable bonds is 5. The standard InChI is InChI=1S/C15H15NO3/c1-11(13-4-3-7-16-9-13)19-14-6-5-12(10-17)8-15(14)18-2/h3-11H,1-2H3. The first-order valence-corrected chi connectivity index (χ1v) is 5.94. The molecule has 0 bridgehead atoms. The summed E-state index contributed by atoms with van der Waals surface area (Å²) in [6.45, 7) is 1.93. The Bertz CT molecular complexity index is 555. The minimum atomic E-state index is -0.148. The van der Waals surface area contributed by atoms with Gasteiger partial charge in [0.05, 0.1) is 7.11 Å². The summed E-state index contributed by atoms with van der Waals surface area (Å²) in [6.07, 6.45) is 4.10. The first-order chi connectivity index (χ1) is 9.24. The van der Waals surface area contributed by atoms with Crippen molar-refractivity contribution < 1.29 is 14.3 Å². The second-order valence-electron chi connectivity index (χ2n) is 4.07. The summed E-state index contributed by atoms with van der Waals surface area (Å²) in [5.41, 5.74) is 1.53. The van der Waals surface area contributed by atoms with Gasteiger partial charge in [0.1, 0.15) is 12.4 Å². The highest BCUT2D eigenvalue weighted by Crippen LogP contribution is 2.31. The van der Waals surface area contributed by atoms with Crippen LogP contribution in [0.5, 0.6) is 11.5 Å². The molecule has 1 atom stereocenters. The summed E-state index contributed by atoms with van der Waals surface area (Å²) in [4.78, 5) is 14.8. The highest BCUT2D eigenvalue weighted by Gasteiger charge is 2.11. The number of ether oxygens (including phenoxy) is 2. The van der Waals surface area contributed by atoms with Crippen molar-refractivity contribution >= 4 is 6.29 Å². The molecule has 0 spiro atoms. The summed E-state index contributed by atoms with van der Waals surface area (Å²) >= 11 is 0. The molecule has 0 amide bonds. The quantitative estimate of drug-likeness (QED) is 0.772. The SMILES string of the molecule is COc1cc(C=O)ccc1OC(C)c1cccnc1. The van der Waals surface area contributed by atoms with E-state index in [1.54, 1.807) is 37.7 Å². The van der Waals surface area contributed by atoms with E-state index >= 15 is 0 Å². The molecule has 19 heavy (non-hydrogen) atoms. The lowest BCUT2D eigenvalue weighted by molar-refractivity contribution is 0.112. The van der Waals surface area contributed by atoms with E-state index in [-0.39, 0.29) is 6.10 Å². The molecule has 1 heterocycles. The zero-order valence-electron chi connectivity index (χ0n) is 10.9. The molecule has 4 heteroatoms. The van der Waals surface area contributed by atoms with E-state index in [1.807, 2.05) is 19.1 Å². The first-order valence-electron chi connectivity index (χ1n) is 5.94. The smallest absolute Gasteiger partial charge is 0.162 e. The van der Waals surface area contributed by atoms with Gasteiger partial charge in [-0.2, -0.15) is 0 Å². The molecule has 0 aliphatic heterocycles. The summed E-state index contributed by atoms with van der Waals surface area (Å²) in [5, 5.41) is 0. The Morgan fingerprint density at radius 3 is 2.74 bits per heavy atom. The van der Waals surface area contributed by atoms with Gasteiger partial charge in [0, 0.05) is 23.5 Å². The number of hydrogen-bond acceptors (Lipinski definition) is 4. The van der Waals surface area contributed by atoms with Crippen LogP contribution in [0.1, 0.15) is 28.9 Å². The largest absolute Gasteiger partial charge is 0.493 e. The van der Waals surface area contributed by atoms with Gasteiger partial charge in [0.15, 0.2) is 11.5 Å². The lowest BCUT2D eigenvalue weighted by atomic mass is 10.2. The molecular formula is C15H15NO3. The molecule has 2 aromatic rings. The zero-order chi connectivity index (χ0) is 13.7. The van der Waals surface area contributed by atoms with E-state index in [4.69, 9.17) is 9.47 Å². The van der Waals surface area contributed by atoms with Gasteiger partial charge in [0.25, 0.3) is 0 Å². The normalized spacial score (nSPS) is 11.7. The molecule has 0 radical (unpaired) electrons. The average Bonchev–Trinajstić information content (AvgIpc) is 2.48. The predicted octanol–water partition coefficient (Wildman–Crippen LogP) is 3.04. The molecule has 0 saturated carbocycles. The minimum absolute atomic E-state index is 0.148. The Labute approximate surface area is 112 Å². The molecule has 1 unspecified atom stereocenters. The minimum Gasteiger partial charge on any atom is -0.493 e. The zero-order valence-corrected chi connectivity index (χ0v) is 10.9. The lowest BCUT2D eigenvalue weighted by Gasteiger charge is -2.17. The molecule has 0 fully saturated rings. The predicted molar refractivity (Wildman–Crippen MR) is 71.7 cm³/mol. The fourth-order valence-corrected chi connectivity index (χ4v) is 1.73. The maximum Gasteiger partial charge on any atom is 0.162 e. The Balaban J connectivity index is 2.21. The fraction of sp³-hybridized carbons (Fsp3) is 0.200. The van der Waals surface area contributed by atoms with Crippen molar-refractivity contribution in [1.29, 1.82) is 0 Å². The second-order valence-corrected chi connectivity index (χ2v) is 4.07. The van der Waals surface area contributed by atoms with E-state index in [1.165, 1.54) is 0 Å². The van der Waals surface area contributed by atoms with Gasteiger partial charge in [-0.3, -0.25) is 9.78 Å². The van der Waals surface area contributed by atoms with Crippen LogP contribution in [0.4, 0.5) is 0 Å². The Morgan fingerprint density at radius 1 is 1.26 bits per heavy atom. The summed E-state index contributed by atoms with van der Waals surface area (Å²) in [5.74, 6) is 1.14. The van der Waals surface area contributed by atoms with Gasteiger partial charge < -0.3 is 9.47 Å². The number of aromatic nitrogens is 1. The van der Waals surface area contributed by atoms with Crippen molar-refractivity contribution in [2.45, 2.75) is 13.0 Å². The van der Waals surface area contributed by atoms with Crippen molar-refractivity contribution in [3.05, 3.63) is 53.9 Å². The molecule has 2 rings (SSSR count). The highest BCUT2D eigenvalue weighted by atomic mass is 16.5. The van der Waals surface area contributed by atoms with Gasteiger partial charge in [-0.15, -0.1) is 0 Å². The summed E-state index contributed by atoms with van der Waals surface area (Å²) in [6, 6.07) is 8.89. The van der Waals surface area contributed by atoms with Gasteiger partial charge in [-0.1, -0.05) is 6.07 Å². The van der Waals surface area contributed by atoms with Gasteiger partial charge in [-0.25, -0.2) is 0 Å². The summed E-state index contributed by atoms with van der Waals surface area (Å²) < 4.78 is 11.1. The Morgan fingerprint density at radius 2 is 2.11 bits per heavy atom. The maximum absolute atomic E-state index is 10.7. The van der Waals surface area contributed by atoms with Crippen LogP contribution in [0.25, 0.3) is 0 Å². The molecule has 0 aliphatic carbocycles. The number of methoxy groups -OCH3 is 1. The van der Waals surface area contributed by atoms with E-state index in [0.717, 1.165) is 11.8 Å². The van der Waals surface area contributed by atoms with Crippen molar-refractivity contribution in [3.8, 4) is 11.5 Å². The second kappa shape index (κ2) is 6.00. The topological polar surface area (TPSA) is 48.4 Å². The molecule has 0 saturated heterocycles. The average molecular weight is 257 g/mol. The summed E-state index contributed by atoms with van der Waals surface area (Å²) in [7, 11) is 1.55. The van der Waals surface area contributed by atoms with Crippen LogP contribution in [0, 0.1) is 0 Å². The van der Waals surface area contributed by atoms with Crippen LogP contribution < -0.4 is 9.47 Å². The van der Waals surface area contributed by atoms with Gasteiger partial charge >= 0.3 is 0 Å². The monoisotopic (exact) mass is 257 g/mol. The number of carbonyl (C=O) groups excluding carboxylic acids is 1. The molecule has 0 N–H and O–H groups in total. The molecule has 1 aromatic heterocycles. The van der Waals surface area contributed by atoms with Crippen molar-refractivity contribution in [2.75, 3.05) is 7.11 Å². The van der Waals surface area contributed by atoms with Crippen LogP contribution in [0.2, 0.25) is 0 Å². The lowest BCUT2D eigenvalue weighted by Crippen LogP contribution is -2.04. The Hall–Kier alpha value is -2.36. The van der Waals surface area contributed by atoms with Crippen molar-refractivity contribution in [2.24, 2.45) is 0 Å². The van der Waals surface area contributed by atoms with Crippen molar-refractivity contribution in [1.82, 2.24) is 4.98 Å². The van der Waals surface area contributed by atoms with E-state index in [2.05, 4.69) is 4.98 Å². The first kappa shape index (κ1) is 13.1. The van der Waals surface area contributed by atoms with Crippen LogP contribution in [-0.2, 0) is 0 Å². The molecular weight excluding hydrogens is 242 g/mol. The highest BCUT2D eigenvalue weighted by molar-refractivity contribution is 5.76. The van der Waals surface area contributed by atoms with Gasteiger partial charge in [0.2, 0.25) is 0 Å². The van der Waals surface area contributed by atoms with E-state index in [0.29, 0.717) is 17.1 Å².